The van der Waals surface area contributed by atoms with Gasteiger partial charge in [0.25, 0.3) is 0 Å². The molecular weight excluding hydrogens is 244 g/mol. The molecule has 0 aromatic carbocycles. The average molecular weight is 262 g/mol. The molecule has 0 saturated carbocycles. The largest absolute Gasteiger partial charge is 0.479 e. The van der Waals surface area contributed by atoms with Crippen LogP contribution in [0.4, 0.5) is 4.79 Å². The van der Waals surface area contributed by atoms with E-state index in [4.69, 9.17) is 10.2 Å². The number of nitrogens with zero attached hydrogens (tertiary/aromatic N) is 1. The lowest BCUT2D eigenvalue weighted by atomic mass is 10.2. The number of ether oxygens (including phenoxy) is 1. The Labute approximate surface area is 105 Å². The normalized spacial score (nSPS) is 11.5. The standard InChI is InChI=1S/C10H18N2O6/c1-12(6-4-8(14)18-2)10(17)11-5-3-7(13)9(15)16/h7,13H,3-6H2,1-2H3,(H,11,17)(H,15,16)/t7-/m0/s1. The maximum absolute atomic E-state index is 11.4. The molecule has 0 saturated heterocycles. The lowest BCUT2D eigenvalue weighted by Gasteiger charge is -2.17. The Kier molecular flexibility index (Phi) is 7.45. The first-order chi connectivity index (χ1) is 8.38. The Morgan fingerprint density at radius 1 is 1.39 bits per heavy atom. The monoisotopic (exact) mass is 262 g/mol. The van der Waals surface area contributed by atoms with Crippen molar-refractivity contribution in [3.05, 3.63) is 0 Å². The lowest BCUT2D eigenvalue weighted by Crippen LogP contribution is -2.40. The molecule has 0 rings (SSSR count). The van der Waals surface area contributed by atoms with Gasteiger partial charge in [-0.25, -0.2) is 9.59 Å². The molecule has 1 atom stereocenters. The summed E-state index contributed by atoms with van der Waals surface area (Å²) in [4.78, 5) is 33.8. The Morgan fingerprint density at radius 2 is 2.00 bits per heavy atom. The molecule has 0 aromatic heterocycles. The topological polar surface area (TPSA) is 116 Å². The number of nitrogens with one attached hydrogen (secondary N) is 1. The summed E-state index contributed by atoms with van der Waals surface area (Å²) in [6, 6.07) is -0.448. The van der Waals surface area contributed by atoms with Gasteiger partial charge in [-0.1, -0.05) is 0 Å². The molecular formula is C10H18N2O6. The molecule has 0 aromatic rings. The van der Waals surface area contributed by atoms with Crippen molar-refractivity contribution in [1.82, 2.24) is 10.2 Å². The third kappa shape index (κ3) is 6.69. The zero-order chi connectivity index (χ0) is 14.1. The van der Waals surface area contributed by atoms with E-state index in [-0.39, 0.29) is 25.9 Å². The molecule has 0 aliphatic rings. The van der Waals surface area contributed by atoms with Crippen molar-refractivity contribution < 1.29 is 29.3 Å². The van der Waals surface area contributed by atoms with E-state index in [1.54, 1.807) is 0 Å². The van der Waals surface area contributed by atoms with Crippen molar-refractivity contribution >= 4 is 18.0 Å². The average Bonchev–Trinajstić information content (AvgIpc) is 2.34. The number of esters is 1. The summed E-state index contributed by atoms with van der Waals surface area (Å²) in [6.07, 6.45) is -1.49. The Hall–Kier alpha value is -1.83. The van der Waals surface area contributed by atoms with Crippen LogP contribution in [0.5, 0.6) is 0 Å². The van der Waals surface area contributed by atoms with Crippen LogP contribution in [0.1, 0.15) is 12.8 Å². The molecule has 0 fully saturated rings. The van der Waals surface area contributed by atoms with E-state index >= 15 is 0 Å². The predicted molar refractivity (Wildman–Crippen MR) is 60.9 cm³/mol. The molecule has 8 nitrogen and oxygen atoms in total. The Bertz CT molecular complexity index is 307. The van der Waals surface area contributed by atoms with Crippen molar-refractivity contribution in [1.29, 1.82) is 0 Å². The number of urea groups is 1. The summed E-state index contributed by atoms with van der Waals surface area (Å²) in [7, 11) is 2.75. The number of rotatable bonds is 7. The molecule has 3 N–H and O–H groups in total. The molecule has 0 unspecified atom stereocenters. The fourth-order valence-electron chi connectivity index (χ4n) is 1.04. The van der Waals surface area contributed by atoms with Gasteiger partial charge in [0.1, 0.15) is 0 Å². The van der Waals surface area contributed by atoms with Gasteiger partial charge in [0.15, 0.2) is 6.10 Å². The van der Waals surface area contributed by atoms with Gasteiger partial charge in [-0.05, 0) is 0 Å². The zero-order valence-corrected chi connectivity index (χ0v) is 10.4. The van der Waals surface area contributed by atoms with Gasteiger partial charge in [0.2, 0.25) is 0 Å². The van der Waals surface area contributed by atoms with Crippen LogP contribution in [0.3, 0.4) is 0 Å². The highest BCUT2D eigenvalue weighted by molar-refractivity contribution is 5.75. The summed E-state index contributed by atoms with van der Waals surface area (Å²) in [6.45, 7) is 0.231. The van der Waals surface area contributed by atoms with E-state index in [2.05, 4.69) is 10.1 Å². The van der Waals surface area contributed by atoms with Gasteiger partial charge in [-0.3, -0.25) is 4.79 Å². The molecule has 8 heteroatoms. The summed E-state index contributed by atoms with van der Waals surface area (Å²) in [5, 5.41) is 19.8. The minimum atomic E-state index is -1.49. The second-order valence-electron chi connectivity index (χ2n) is 3.62. The van der Waals surface area contributed by atoms with Crippen molar-refractivity contribution in [2.75, 3.05) is 27.2 Å². The van der Waals surface area contributed by atoms with E-state index in [9.17, 15) is 14.4 Å². The molecule has 0 radical (unpaired) electrons. The third-order valence-electron chi connectivity index (χ3n) is 2.20. The summed E-state index contributed by atoms with van der Waals surface area (Å²) >= 11 is 0. The van der Waals surface area contributed by atoms with Gasteiger partial charge in [0.05, 0.1) is 13.5 Å². The summed E-state index contributed by atoms with van der Waals surface area (Å²) < 4.78 is 4.42. The number of aliphatic carboxylic acids is 1. The minimum absolute atomic E-state index is 0.0366. The Balaban J connectivity index is 3.81. The van der Waals surface area contributed by atoms with E-state index in [0.29, 0.717) is 0 Å². The maximum atomic E-state index is 11.4. The number of hydrogen-bond acceptors (Lipinski definition) is 5. The number of carbonyl (C=O) groups is 3. The summed E-state index contributed by atoms with van der Waals surface area (Å²) in [5.74, 6) is -1.75. The van der Waals surface area contributed by atoms with Gasteiger partial charge in [0, 0.05) is 26.6 Å². The number of methoxy groups -OCH3 is 1. The van der Waals surface area contributed by atoms with Crippen LogP contribution in [0.15, 0.2) is 0 Å². The molecule has 0 aliphatic heterocycles. The first kappa shape index (κ1) is 16.2. The lowest BCUT2D eigenvalue weighted by molar-refractivity contribution is -0.146. The van der Waals surface area contributed by atoms with Gasteiger partial charge in [-0.15, -0.1) is 0 Å². The highest BCUT2D eigenvalue weighted by Crippen LogP contribution is 1.93. The SMILES string of the molecule is COC(=O)CCN(C)C(=O)NCC[C@H](O)C(=O)O. The second-order valence-corrected chi connectivity index (χ2v) is 3.62. The first-order valence-corrected chi connectivity index (χ1v) is 5.35. The van der Waals surface area contributed by atoms with E-state index < -0.39 is 24.1 Å². The van der Waals surface area contributed by atoms with Crippen molar-refractivity contribution in [2.24, 2.45) is 0 Å². The van der Waals surface area contributed by atoms with Crippen molar-refractivity contribution in [3.63, 3.8) is 0 Å². The first-order valence-electron chi connectivity index (χ1n) is 5.35. The van der Waals surface area contributed by atoms with Crippen molar-refractivity contribution in [2.45, 2.75) is 18.9 Å². The highest BCUT2D eigenvalue weighted by Gasteiger charge is 2.14. The number of carboxylic acids is 1. The van der Waals surface area contributed by atoms with Crippen LogP contribution in [0.2, 0.25) is 0 Å². The third-order valence-corrected chi connectivity index (χ3v) is 2.20. The molecule has 0 spiro atoms. The van der Waals surface area contributed by atoms with Crippen molar-refractivity contribution in [3.8, 4) is 0 Å². The van der Waals surface area contributed by atoms with Crippen LogP contribution < -0.4 is 5.32 Å². The number of aliphatic hydroxyl groups excluding tert-OH is 1. The number of aliphatic hydroxyl groups is 1. The summed E-state index contributed by atoms with van der Waals surface area (Å²) in [5.41, 5.74) is 0. The fraction of sp³-hybridized carbons (Fsp3) is 0.700. The van der Waals surface area contributed by atoms with Crippen LogP contribution in [-0.2, 0) is 14.3 Å². The Morgan fingerprint density at radius 3 is 2.50 bits per heavy atom. The van der Waals surface area contributed by atoms with Gasteiger partial charge >= 0.3 is 18.0 Å². The zero-order valence-electron chi connectivity index (χ0n) is 10.4. The molecule has 0 bridgehead atoms. The van der Waals surface area contributed by atoms with Gasteiger partial charge < -0.3 is 25.2 Å². The number of carbonyl (C=O) groups excluding carboxylic acids is 2. The van der Waals surface area contributed by atoms with Crippen LogP contribution in [0, 0.1) is 0 Å². The fourth-order valence-corrected chi connectivity index (χ4v) is 1.04. The maximum Gasteiger partial charge on any atom is 0.332 e. The smallest absolute Gasteiger partial charge is 0.332 e. The molecule has 18 heavy (non-hydrogen) atoms. The van der Waals surface area contributed by atoms with E-state index in [0.717, 1.165) is 0 Å². The van der Waals surface area contributed by atoms with Gasteiger partial charge in [-0.2, -0.15) is 0 Å². The highest BCUT2D eigenvalue weighted by atomic mass is 16.5. The molecule has 0 heterocycles. The van der Waals surface area contributed by atoms with Crippen LogP contribution in [0.25, 0.3) is 0 Å². The number of carboxylic acid groups (broad SMARTS) is 1. The molecule has 0 aliphatic carbocycles. The van der Waals surface area contributed by atoms with E-state index in [1.165, 1.54) is 19.1 Å². The molecule has 2 amide bonds. The number of amides is 2. The van der Waals surface area contributed by atoms with Crippen LogP contribution in [-0.4, -0.2) is 66.4 Å². The predicted octanol–water partition coefficient (Wildman–Crippen LogP) is -0.973. The number of hydrogen-bond donors (Lipinski definition) is 3. The van der Waals surface area contributed by atoms with E-state index in [1.807, 2.05) is 0 Å². The minimum Gasteiger partial charge on any atom is -0.479 e. The second kappa shape index (κ2) is 8.29. The molecule has 104 valence electrons. The van der Waals surface area contributed by atoms with Crippen LogP contribution >= 0.6 is 0 Å². The quantitative estimate of drug-likeness (QED) is 0.508.